The summed E-state index contributed by atoms with van der Waals surface area (Å²) in [5, 5.41) is 20.1. The molecular formula is C14H20FN3O. The molecule has 0 aliphatic carbocycles. The minimum atomic E-state index is -0.739. The molecule has 0 aliphatic rings. The summed E-state index contributed by atoms with van der Waals surface area (Å²) in [4.78, 5) is 0. The monoisotopic (exact) mass is 265 g/mol. The third kappa shape index (κ3) is 2.93. The van der Waals surface area contributed by atoms with Gasteiger partial charge in [-0.3, -0.25) is 5.10 Å². The molecule has 0 saturated carbocycles. The van der Waals surface area contributed by atoms with Crippen LogP contribution in [0.25, 0.3) is 10.9 Å². The second-order valence-electron chi connectivity index (χ2n) is 4.72. The molecule has 0 unspecified atom stereocenters. The lowest BCUT2D eigenvalue weighted by Gasteiger charge is -2.18. The van der Waals surface area contributed by atoms with Crippen molar-refractivity contribution in [1.29, 1.82) is 0 Å². The second-order valence-corrected chi connectivity index (χ2v) is 4.72. The summed E-state index contributed by atoms with van der Waals surface area (Å²) in [6, 6.07) is 5.61. The predicted molar refractivity (Wildman–Crippen MR) is 73.4 cm³/mol. The van der Waals surface area contributed by atoms with E-state index in [9.17, 15) is 9.50 Å². The number of nitrogens with zero attached hydrogens (tertiary/aromatic N) is 1. The smallest absolute Gasteiger partial charge is 0.217 e. The Morgan fingerprint density at radius 2 is 2.11 bits per heavy atom. The van der Waals surface area contributed by atoms with E-state index < -0.39 is 12.1 Å². The zero-order chi connectivity index (χ0) is 13.8. The van der Waals surface area contributed by atoms with Gasteiger partial charge >= 0.3 is 0 Å². The predicted octanol–water partition coefficient (Wildman–Crippen LogP) is 2.51. The van der Waals surface area contributed by atoms with Gasteiger partial charge in [-0.05, 0) is 24.5 Å². The summed E-state index contributed by atoms with van der Waals surface area (Å²) in [6.07, 6.45) is 1.28. The van der Waals surface area contributed by atoms with Crippen LogP contribution in [-0.4, -0.2) is 27.9 Å². The Morgan fingerprint density at radius 1 is 1.37 bits per heavy atom. The first-order valence-electron chi connectivity index (χ1n) is 6.71. The summed E-state index contributed by atoms with van der Waals surface area (Å²) in [7, 11) is 0. The summed E-state index contributed by atoms with van der Waals surface area (Å²) < 4.78 is 13.6. The number of hydrogen-bond donors (Lipinski definition) is 3. The number of fused-ring (bicyclic) bond motifs is 1. The molecule has 1 aromatic carbocycles. The number of H-pyrrole nitrogens is 1. The molecule has 3 N–H and O–H groups in total. The molecule has 0 spiro atoms. The molecule has 0 radical (unpaired) electrons. The van der Waals surface area contributed by atoms with Crippen molar-refractivity contribution in [2.45, 2.75) is 38.8 Å². The molecule has 5 heteroatoms. The normalized spacial score (nSPS) is 13.3. The molecule has 2 rings (SSSR count). The van der Waals surface area contributed by atoms with Gasteiger partial charge in [0.2, 0.25) is 5.95 Å². The Hall–Kier alpha value is -1.46. The average molecular weight is 265 g/mol. The van der Waals surface area contributed by atoms with Crippen LogP contribution in [0.15, 0.2) is 18.2 Å². The Balaban J connectivity index is 2.17. The van der Waals surface area contributed by atoms with Crippen LogP contribution in [0.4, 0.5) is 4.39 Å². The molecule has 104 valence electrons. The lowest BCUT2D eigenvalue weighted by atomic mass is 10.0. The van der Waals surface area contributed by atoms with Crippen LogP contribution in [0.1, 0.15) is 38.4 Å². The van der Waals surface area contributed by atoms with Crippen LogP contribution in [-0.2, 0) is 0 Å². The molecule has 1 atom stereocenters. The van der Waals surface area contributed by atoms with Crippen molar-refractivity contribution in [2.75, 3.05) is 6.54 Å². The third-order valence-corrected chi connectivity index (χ3v) is 3.51. The first-order valence-corrected chi connectivity index (χ1v) is 6.71. The molecular weight excluding hydrogens is 245 g/mol. The van der Waals surface area contributed by atoms with Gasteiger partial charge in [-0.15, -0.1) is 0 Å². The topological polar surface area (TPSA) is 60.9 Å². The van der Waals surface area contributed by atoms with Crippen LogP contribution in [0, 0.1) is 5.95 Å². The van der Waals surface area contributed by atoms with Crippen molar-refractivity contribution in [3.05, 3.63) is 29.7 Å². The molecule has 0 saturated heterocycles. The number of hydrogen-bond acceptors (Lipinski definition) is 3. The Labute approximate surface area is 112 Å². The number of nitrogens with one attached hydrogen (secondary N) is 2. The van der Waals surface area contributed by atoms with Crippen molar-refractivity contribution in [2.24, 2.45) is 0 Å². The van der Waals surface area contributed by atoms with Gasteiger partial charge in [0, 0.05) is 12.6 Å². The molecule has 19 heavy (non-hydrogen) atoms. The van der Waals surface area contributed by atoms with Gasteiger partial charge in [0.05, 0.1) is 17.0 Å². The van der Waals surface area contributed by atoms with Gasteiger partial charge in [-0.1, -0.05) is 26.0 Å². The van der Waals surface area contributed by atoms with E-state index in [1.54, 1.807) is 18.2 Å². The molecule has 0 fully saturated rings. The van der Waals surface area contributed by atoms with Gasteiger partial charge in [0.25, 0.3) is 0 Å². The highest BCUT2D eigenvalue weighted by molar-refractivity contribution is 5.82. The van der Waals surface area contributed by atoms with Crippen molar-refractivity contribution in [3.8, 4) is 0 Å². The van der Waals surface area contributed by atoms with Crippen molar-refractivity contribution in [3.63, 3.8) is 0 Å². The van der Waals surface area contributed by atoms with E-state index in [0.29, 0.717) is 29.1 Å². The number of aromatic amines is 1. The maximum Gasteiger partial charge on any atom is 0.217 e. The van der Waals surface area contributed by atoms with Gasteiger partial charge in [0.1, 0.15) is 0 Å². The molecule has 0 amide bonds. The highest BCUT2D eigenvalue weighted by Crippen LogP contribution is 2.24. The van der Waals surface area contributed by atoms with Gasteiger partial charge < -0.3 is 10.4 Å². The summed E-state index contributed by atoms with van der Waals surface area (Å²) >= 11 is 0. The van der Waals surface area contributed by atoms with Gasteiger partial charge in [-0.2, -0.15) is 9.49 Å². The van der Waals surface area contributed by atoms with Crippen LogP contribution in [0.3, 0.4) is 0 Å². The molecule has 4 nitrogen and oxygen atoms in total. The Bertz CT molecular complexity index is 536. The number of benzene rings is 1. The number of aromatic nitrogens is 2. The minimum Gasteiger partial charge on any atom is -0.387 e. The number of halogens is 1. The van der Waals surface area contributed by atoms with Crippen molar-refractivity contribution >= 4 is 10.9 Å². The van der Waals surface area contributed by atoms with Gasteiger partial charge in [0.15, 0.2) is 0 Å². The Kier molecular flexibility index (Phi) is 4.50. The van der Waals surface area contributed by atoms with E-state index in [1.807, 2.05) is 0 Å². The fraction of sp³-hybridized carbons (Fsp3) is 0.500. The lowest BCUT2D eigenvalue weighted by Crippen LogP contribution is -2.31. The molecule has 0 aliphatic heterocycles. The molecule has 1 heterocycles. The molecule has 2 aromatic rings. The van der Waals surface area contributed by atoms with Crippen LogP contribution in [0.5, 0.6) is 0 Å². The maximum absolute atomic E-state index is 13.6. The van der Waals surface area contributed by atoms with Crippen molar-refractivity contribution in [1.82, 2.24) is 15.5 Å². The standard InChI is InChI=1S/C14H20FN3O/c1-3-9(4-2)16-8-12(19)10-6-5-7-11-13(10)14(15)18-17-11/h5-7,9,12,16,19H,3-4,8H2,1-2H3,(H,17,18)/t12-/m0/s1. The van der Waals surface area contributed by atoms with Crippen molar-refractivity contribution < 1.29 is 9.50 Å². The first-order chi connectivity index (χ1) is 9.17. The quantitative estimate of drug-likeness (QED) is 0.752. The lowest BCUT2D eigenvalue weighted by molar-refractivity contribution is 0.170. The summed E-state index contributed by atoms with van der Waals surface area (Å²) in [5.74, 6) is -0.493. The van der Waals surface area contributed by atoms with E-state index in [4.69, 9.17) is 0 Å². The zero-order valence-corrected chi connectivity index (χ0v) is 11.3. The van der Waals surface area contributed by atoms with Crippen LogP contribution in [0.2, 0.25) is 0 Å². The van der Waals surface area contributed by atoms with Gasteiger partial charge in [-0.25, -0.2) is 0 Å². The SMILES string of the molecule is CCC(CC)NC[C@H](O)c1cccc2n[nH]c(F)c12. The summed E-state index contributed by atoms with van der Waals surface area (Å²) in [6.45, 7) is 4.62. The minimum absolute atomic E-state index is 0.376. The number of aliphatic hydroxyl groups excluding tert-OH is 1. The number of rotatable bonds is 6. The number of aliphatic hydroxyl groups is 1. The molecule has 0 bridgehead atoms. The van der Waals surface area contributed by atoms with E-state index in [0.717, 1.165) is 12.8 Å². The van der Waals surface area contributed by atoms with E-state index in [2.05, 4.69) is 29.4 Å². The highest BCUT2D eigenvalue weighted by atomic mass is 19.1. The average Bonchev–Trinajstić information content (AvgIpc) is 2.81. The van der Waals surface area contributed by atoms with E-state index in [1.165, 1.54) is 0 Å². The maximum atomic E-state index is 13.6. The van der Waals surface area contributed by atoms with E-state index in [-0.39, 0.29) is 0 Å². The third-order valence-electron chi connectivity index (χ3n) is 3.51. The fourth-order valence-corrected chi connectivity index (χ4v) is 2.30. The van der Waals surface area contributed by atoms with Crippen LogP contribution >= 0.6 is 0 Å². The zero-order valence-electron chi connectivity index (χ0n) is 11.3. The first kappa shape index (κ1) is 14.0. The highest BCUT2D eigenvalue weighted by Gasteiger charge is 2.16. The van der Waals surface area contributed by atoms with E-state index >= 15 is 0 Å². The second kappa shape index (κ2) is 6.12. The Morgan fingerprint density at radius 3 is 2.79 bits per heavy atom. The summed E-state index contributed by atoms with van der Waals surface area (Å²) in [5.41, 5.74) is 1.11. The largest absolute Gasteiger partial charge is 0.387 e. The molecule has 1 aromatic heterocycles. The fourth-order valence-electron chi connectivity index (χ4n) is 2.30. The van der Waals surface area contributed by atoms with Crippen LogP contribution < -0.4 is 5.32 Å².